The van der Waals surface area contributed by atoms with E-state index < -0.39 is 11.1 Å². The number of carbonyl (C=O) groups excluding carboxylic acids is 2. The molecule has 9 heteroatoms. The zero-order chi connectivity index (χ0) is 29.9. The topological polar surface area (TPSA) is 131 Å². The molecule has 2 aliphatic carbocycles. The zero-order valence-electron chi connectivity index (χ0n) is 24.7. The predicted octanol–water partition coefficient (Wildman–Crippen LogP) is 5.49. The van der Waals surface area contributed by atoms with E-state index in [0.717, 1.165) is 47.9 Å². The zero-order valence-corrected chi connectivity index (χ0v) is 24.7. The third-order valence-corrected chi connectivity index (χ3v) is 8.75. The summed E-state index contributed by atoms with van der Waals surface area (Å²) in [7, 11) is 1.41. The highest BCUT2D eigenvalue weighted by molar-refractivity contribution is 5.91. The molecule has 2 fully saturated rings. The maximum atomic E-state index is 13.0. The fourth-order valence-corrected chi connectivity index (χ4v) is 6.75. The lowest BCUT2D eigenvalue weighted by Crippen LogP contribution is -2.58. The summed E-state index contributed by atoms with van der Waals surface area (Å²) in [6.07, 6.45) is 4.63. The van der Waals surface area contributed by atoms with Crippen molar-refractivity contribution in [3.63, 3.8) is 0 Å². The smallest absolute Gasteiger partial charge is 0.409 e. The fraction of sp³-hybridized carbons (Fsp3) is 0.455. The third-order valence-electron chi connectivity index (χ3n) is 8.75. The van der Waals surface area contributed by atoms with E-state index in [1.807, 2.05) is 74.5 Å². The maximum absolute atomic E-state index is 13.0. The van der Waals surface area contributed by atoms with Crippen molar-refractivity contribution in [3.8, 4) is 22.4 Å². The van der Waals surface area contributed by atoms with Gasteiger partial charge in [-0.1, -0.05) is 54.6 Å². The van der Waals surface area contributed by atoms with Crippen LogP contribution in [0.15, 0.2) is 60.7 Å². The van der Waals surface area contributed by atoms with Crippen molar-refractivity contribution >= 4 is 17.8 Å². The Morgan fingerprint density at radius 1 is 1.02 bits per heavy atom. The lowest BCUT2D eigenvalue weighted by molar-refractivity contribution is -0.117. The second-order valence-corrected chi connectivity index (χ2v) is 12.1. The Morgan fingerprint density at radius 2 is 1.69 bits per heavy atom. The van der Waals surface area contributed by atoms with E-state index in [9.17, 15) is 14.7 Å². The number of anilines is 1. The molecule has 2 amide bonds. The summed E-state index contributed by atoms with van der Waals surface area (Å²) in [6, 6.07) is 19.9. The van der Waals surface area contributed by atoms with Crippen molar-refractivity contribution in [2.45, 2.75) is 76.0 Å². The van der Waals surface area contributed by atoms with Gasteiger partial charge in [0.15, 0.2) is 5.82 Å². The molecular weight excluding hydrogens is 530 g/mol. The van der Waals surface area contributed by atoms with Gasteiger partial charge in [-0.25, -0.2) is 4.79 Å². The molecule has 1 heterocycles. The molecule has 2 aromatic carbocycles. The van der Waals surface area contributed by atoms with E-state index >= 15 is 0 Å². The van der Waals surface area contributed by atoms with Crippen molar-refractivity contribution < 1.29 is 19.4 Å². The Balaban J connectivity index is 1.28. The molecule has 0 unspecified atom stereocenters. The van der Waals surface area contributed by atoms with Crippen LogP contribution in [-0.4, -0.2) is 57.5 Å². The van der Waals surface area contributed by atoms with Crippen LogP contribution in [0.5, 0.6) is 0 Å². The standard InChI is InChI=1S/C33H41N5O4/c1-4-38(31(40)42-3)26-16-10-22(11-17-26)18-29(39)35-28-19-27(23-8-6-5-7-9-23)30(37-36-28)24-12-14-25(15-13-24)33(34)20-32(2,41)21-33/h5-9,12-15,19,22,26,41H,4,10-11,16-18,20-21,34H2,1-3H3,(H,35,36,39)/t22?,26?,32-,33-. The number of amides is 2. The summed E-state index contributed by atoms with van der Waals surface area (Å²) < 4.78 is 4.92. The van der Waals surface area contributed by atoms with E-state index in [-0.39, 0.29) is 24.0 Å². The number of rotatable bonds is 8. The Bertz CT molecular complexity index is 1390. The van der Waals surface area contributed by atoms with Gasteiger partial charge in [-0.3, -0.25) is 4.79 Å². The number of hydrogen-bond donors (Lipinski definition) is 3. The Morgan fingerprint density at radius 3 is 2.29 bits per heavy atom. The summed E-state index contributed by atoms with van der Waals surface area (Å²) in [4.78, 5) is 26.9. The molecule has 222 valence electrons. The van der Waals surface area contributed by atoms with Crippen LogP contribution in [0.4, 0.5) is 10.6 Å². The number of nitrogens with two attached hydrogens (primary N) is 1. The molecule has 3 aromatic rings. The summed E-state index contributed by atoms with van der Waals surface area (Å²) >= 11 is 0. The molecular formula is C33H41N5O4. The van der Waals surface area contributed by atoms with Crippen molar-refractivity contribution in [2.24, 2.45) is 11.7 Å². The monoisotopic (exact) mass is 571 g/mol. The number of nitrogens with zero attached hydrogens (tertiary/aromatic N) is 3. The van der Waals surface area contributed by atoms with E-state index in [2.05, 4.69) is 15.5 Å². The first-order valence-corrected chi connectivity index (χ1v) is 14.8. The van der Waals surface area contributed by atoms with Crippen LogP contribution in [0.25, 0.3) is 22.4 Å². The predicted molar refractivity (Wildman–Crippen MR) is 162 cm³/mol. The highest BCUT2D eigenvalue weighted by Gasteiger charge is 2.49. The van der Waals surface area contributed by atoms with Crippen LogP contribution in [0.2, 0.25) is 0 Å². The van der Waals surface area contributed by atoms with Crippen molar-refractivity contribution in [1.29, 1.82) is 0 Å². The molecule has 42 heavy (non-hydrogen) atoms. The van der Waals surface area contributed by atoms with Gasteiger partial charge in [-0.05, 0) is 75.5 Å². The molecule has 0 aliphatic heterocycles. The fourth-order valence-electron chi connectivity index (χ4n) is 6.75. The van der Waals surface area contributed by atoms with Gasteiger partial charge in [0.2, 0.25) is 5.91 Å². The van der Waals surface area contributed by atoms with Gasteiger partial charge in [0, 0.05) is 35.7 Å². The minimum atomic E-state index is -0.722. The van der Waals surface area contributed by atoms with Crippen molar-refractivity contribution in [2.75, 3.05) is 19.0 Å². The van der Waals surface area contributed by atoms with Crippen LogP contribution < -0.4 is 11.1 Å². The average molecular weight is 572 g/mol. The Labute approximate surface area is 247 Å². The Hall–Kier alpha value is -3.82. The van der Waals surface area contributed by atoms with Crippen molar-refractivity contribution in [1.82, 2.24) is 15.1 Å². The number of carbonyl (C=O) groups is 2. The number of hydrogen-bond acceptors (Lipinski definition) is 7. The highest BCUT2D eigenvalue weighted by Crippen LogP contribution is 2.46. The van der Waals surface area contributed by atoms with Crippen molar-refractivity contribution in [3.05, 3.63) is 66.2 Å². The lowest BCUT2D eigenvalue weighted by Gasteiger charge is -2.49. The van der Waals surface area contributed by atoms with Gasteiger partial charge >= 0.3 is 6.09 Å². The molecule has 5 rings (SSSR count). The maximum Gasteiger partial charge on any atom is 0.409 e. The number of aromatic nitrogens is 2. The number of benzene rings is 2. The summed E-state index contributed by atoms with van der Waals surface area (Å²) in [5.41, 5.74) is 9.71. The molecule has 2 aliphatic rings. The van der Waals surface area contributed by atoms with Crippen LogP contribution in [0, 0.1) is 5.92 Å². The Kier molecular flexibility index (Phi) is 8.61. The molecule has 0 saturated heterocycles. The van der Waals surface area contributed by atoms with E-state index in [4.69, 9.17) is 10.5 Å². The normalized spacial score (nSPS) is 25.3. The van der Waals surface area contributed by atoms with Crippen LogP contribution in [-0.2, 0) is 15.1 Å². The average Bonchev–Trinajstić information content (AvgIpc) is 2.97. The molecule has 2 saturated carbocycles. The van der Waals surface area contributed by atoms with E-state index in [1.165, 1.54) is 7.11 Å². The van der Waals surface area contributed by atoms with Gasteiger partial charge in [0.05, 0.1) is 12.7 Å². The molecule has 4 N–H and O–H groups in total. The minimum Gasteiger partial charge on any atom is -0.453 e. The summed E-state index contributed by atoms with van der Waals surface area (Å²) in [6.45, 7) is 4.38. The van der Waals surface area contributed by atoms with E-state index in [0.29, 0.717) is 37.3 Å². The first-order valence-electron chi connectivity index (χ1n) is 14.8. The first-order chi connectivity index (χ1) is 20.1. The molecule has 0 atom stereocenters. The van der Waals surface area contributed by atoms with Crippen LogP contribution in [0.3, 0.4) is 0 Å². The number of methoxy groups -OCH3 is 1. The molecule has 1 aromatic heterocycles. The largest absolute Gasteiger partial charge is 0.453 e. The summed E-state index contributed by atoms with van der Waals surface area (Å²) in [5.74, 6) is 0.573. The van der Waals surface area contributed by atoms with Gasteiger partial charge in [-0.15, -0.1) is 10.2 Å². The van der Waals surface area contributed by atoms with Gasteiger partial charge in [0.25, 0.3) is 0 Å². The molecule has 0 spiro atoms. The quantitative estimate of drug-likeness (QED) is 0.326. The third kappa shape index (κ3) is 6.47. The second-order valence-electron chi connectivity index (χ2n) is 12.1. The number of ether oxygens (including phenoxy) is 1. The summed E-state index contributed by atoms with van der Waals surface area (Å²) in [5, 5.41) is 22.1. The minimum absolute atomic E-state index is 0.0891. The van der Waals surface area contributed by atoms with Gasteiger partial charge in [0.1, 0.15) is 5.69 Å². The van der Waals surface area contributed by atoms with Crippen LogP contribution in [0.1, 0.15) is 64.4 Å². The number of nitrogens with one attached hydrogen (secondary N) is 1. The van der Waals surface area contributed by atoms with Gasteiger partial charge in [-0.2, -0.15) is 0 Å². The first kappa shape index (κ1) is 29.7. The van der Waals surface area contributed by atoms with Gasteiger partial charge < -0.3 is 25.8 Å². The molecule has 0 radical (unpaired) electrons. The SMILES string of the molecule is CCN(C(=O)OC)C1CCC(CC(=O)Nc2cc(-c3ccccc3)c(-c3ccc([C@]4(N)C[C@](C)(O)C4)cc3)nn2)CC1. The van der Waals surface area contributed by atoms with Crippen LogP contribution >= 0.6 is 0 Å². The highest BCUT2D eigenvalue weighted by atomic mass is 16.5. The number of aliphatic hydroxyl groups is 1. The molecule has 9 nitrogen and oxygen atoms in total. The lowest BCUT2D eigenvalue weighted by atomic mass is 9.63. The van der Waals surface area contributed by atoms with E-state index in [1.54, 1.807) is 4.90 Å². The molecule has 0 bridgehead atoms. The second kappa shape index (κ2) is 12.2.